The fourth-order valence-corrected chi connectivity index (χ4v) is 4.57. The van der Waals surface area contributed by atoms with Gasteiger partial charge in [0, 0.05) is 35.0 Å². The number of carboxylic acid groups (broad SMARTS) is 1. The molecule has 0 spiro atoms. The normalized spacial score (nSPS) is 11.1. The largest absolute Gasteiger partial charge is 0.493 e. The summed E-state index contributed by atoms with van der Waals surface area (Å²) >= 11 is 0. The van der Waals surface area contributed by atoms with Gasteiger partial charge in [0.1, 0.15) is 18.4 Å². The van der Waals surface area contributed by atoms with E-state index in [1.807, 2.05) is 30.3 Å². The maximum atomic E-state index is 14.0. The van der Waals surface area contributed by atoms with Crippen molar-refractivity contribution in [1.29, 1.82) is 5.41 Å². The predicted octanol–water partition coefficient (Wildman–Crippen LogP) is 4.19. The van der Waals surface area contributed by atoms with Gasteiger partial charge in [-0.3, -0.25) is 24.7 Å². The minimum absolute atomic E-state index is 0.111. The number of benzene rings is 4. The number of methoxy groups -OCH3 is 2. The van der Waals surface area contributed by atoms with Crippen molar-refractivity contribution in [3.63, 3.8) is 0 Å². The molecule has 6 N–H and O–H groups in total. The fourth-order valence-electron chi connectivity index (χ4n) is 4.57. The van der Waals surface area contributed by atoms with Crippen molar-refractivity contribution in [2.45, 2.75) is 12.6 Å². The number of nitrogen functional groups attached to an aromatic ring is 1. The van der Waals surface area contributed by atoms with Gasteiger partial charge in [-0.1, -0.05) is 48.5 Å². The second-order valence-electron chi connectivity index (χ2n) is 9.69. The Bertz CT molecular complexity index is 1630. The van der Waals surface area contributed by atoms with E-state index < -0.39 is 30.4 Å². The summed E-state index contributed by atoms with van der Waals surface area (Å²) in [6.07, 6.45) is 0. The molecule has 1 unspecified atom stereocenters. The van der Waals surface area contributed by atoms with Crippen LogP contribution in [0.15, 0.2) is 97.1 Å². The third-order valence-corrected chi connectivity index (χ3v) is 6.77. The number of carbonyl (C=O) groups excluding carboxylic acids is 2. The van der Waals surface area contributed by atoms with Crippen LogP contribution in [0.5, 0.6) is 11.5 Å². The molecule has 4 aromatic carbocycles. The summed E-state index contributed by atoms with van der Waals surface area (Å²) < 4.78 is 11.1. The van der Waals surface area contributed by atoms with E-state index in [1.165, 1.54) is 20.3 Å². The van der Waals surface area contributed by atoms with E-state index in [0.717, 1.165) is 10.5 Å². The summed E-state index contributed by atoms with van der Waals surface area (Å²) in [4.78, 5) is 40.9. The second kappa shape index (κ2) is 14.4. The monoisotopic (exact) mass is 595 g/mol. The lowest BCUT2D eigenvalue weighted by molar-refractivity contribution is -0.135. The number of hydrogen-bond donors (Lipinski definition) is 5. The molecule has 0 aromatic heterocycles. The lowest BCUT2D eigenvalue weighted by atomic mass is 9.99. The molecule has 44 heavy (non-hydrogen) atoms. The quantitative estimate of drug-likeness (QED) is 0.113. The lowest BCUT2D eigenvalue weighted by Crippen LogP contribution is -2.39. The molecule has 0 aliphatic heterocycles. The van der Waals surface area contributed by atoms with Gasteiger partial charge in [0.05, 0.1) is 19.9 Å². The van der Waals surface area contributed by atoms with Crippen LogP contribution >= 0.6 is 0 Å². The number of aliphatic carboxylic acids is 1. The second-order valence-corrected chi connectivity index (χ2v) is 9.69. The molecular weight excluding hydrogens is 562 g/mol. The molecule has 0 saturated heterocycles. The summed E-state index contributed by atoms with van der Waals surface area (Å²) in [5.41, 5.74) is 8.13. The number of carboxylic acids is 1. The molecule has 0 saturated carbocycles. The Morgan fingerprint density at radius 1 is 0.864 bits per heavy atom. The molecule has 0 radical (unpaired) electrons. The van der Waals surface area contributed by atoms with E-state index in [2.05, 4.69) is 10.6 Å². The number of nitrogens with two attached hydrogens (primary N) is 1. The van der Waals surface area contributed by atoms with E-state index >= 15 is 0 Å². The SMILES string of the molecule is COc1cc(C(Nc2ccc(C(=N)N)cc2)C(=O)NCc2ccccc2)c(N(CC(=O)O)C(=O)c2ccccc2)cc1OC. The topological polar surface area (TPSA) is 167 Å². The van der Waals surface area contributed by atoms with Crippen molar-refractivity contribution >= 4 is 35.0 Å². The van der Waals surface area contributed by atoms with Crippen molar-refractivity contribution in [2.75, 3.05) is 31.0 Å². The first-order valence-electron chi connectivity index (χ1n) is 13.6. The van der Waals surface area contributed by atoms with Gasteiger partial charge >= 0.3 is 5.97 Å². The fraction of sp³-hybridized carbons (Fsp3) is 0.152. The molecule has 4 rings (SSSR count). The Morgan fingerprint density at radius 3 is 2.02 bits per heavy atom. The van der Waals surface area contributed by atoms with Crippen LogP contribution in [0.3, 0.4) is 0 Å². The Kier molecular flexibility index (Phi) is 10.2. The van der Waals surface area contributed by atoms with Crippen molar-refractivity contribution in [1.82, 2.24) is 5.32 Å². The van der Waals surface area contributed by atoms with Gasteiger partial charge in [-0.2, -0.15) is 0 Å². The van der Waals surface area contributed by atoms with Crippen molar-refractivity contribution in [2.24, 2.45) is 5.73 Å². The first-order valence-corrected chi connectivity index (χ1v) is 13.6. The van der Waals surface area contributed by atoms with Crippen molar-refractivity contribution in [3.05, 3.63) is 119 Å². The zero-order valence-electron chi connectivity index (χ0n) is 24.2. The number of carbonyl (C=O) groups is 3. The first kappa shape index (κ1) is 31.1. The van der Waals surface area contributed by atoms with Crippen LogP contribution in [0.25, 0.3) is 0 Å². The first-order chi connectivity index (χ1) is 21.2. The minimum Gasteiger partial charge on any atom is -0.493 e. The van der Waals surface area contributed by atoms with Gasteiger partial charge in [0.25, 0.3) is 5.91 Å². The summed E-state index contributed by atoms with van der Waals surface area (Å²) in [7, 11) is 2.85. The van der Waals surface area contributed by atoms with E-state index in [-0.39, 0.29) is 40.7 Å². The Labute approximate surface area is 254 Å². The van der Waals surface area contributed by atoms with E-state index in [4.69, 9.17) is 20.6 Å². The zero-order valence-corrected chi connectivity index (χ0v) is 24.2. The lowest BCUT2D eigenvalue weighted by Gasteiger charge is -2.29. The van der Waals surface area contributed by atoms with Crippen molar-refractivity contribution < 1.29 is 29.0 Å². The molecule has 0 bridgehead atoms. The van der Waals surface area contributed by atoms with Crippen LogP contribution in [-0.4, -0.2) is 49.5 Å². The molecule has 0 fully saturated rings. The van der Waals surface area contributed by atoms with Crippen LogP contribution < -0.4 is 30.7 Å². The smallest absolute Gasteiger partial charge is 0.323 e. The van der Waals surface area contributed by atoms with Crippen LogP contribution in [0.4, 0.5) is 11.4 Å². The number of rotatable bonds is 13. The number of nitrogens with zero attached hydrogens (tertiary/aromatic N) is 1. The van der Waals surface area contributed by atoms with Gasteiger partial charge in [-0.25, -0.2) is 0 Å². The van der Waals surface area contributed by atoms with E-state index in [9.17, 15) is 19.5 Å². The minimum atomic E-state index is -1.26. The molecule has 0 aliphatic rings. The number of ether oxygens (including phenoxy) is 2. The molecule has 2 amide bonds. The molecular formula is C33H33N5O6. The average Bonchev–Trinajstić information content (AvgIpc) is 3.05. The zero-order chi connectivity index (χ0) is 31.6. The van der Waals surface area contributed by atoms with Gasteiger partial charge < -0.3 is 30.9 Å². The predicted molar refractivity (Wildman–Crippen MR) is 167 cm³/mol. The molecule has 4 aromatic rings. The van der Waals surface area contributed by atoms with Crippen LogP contribution in [0, 0.1) is 5.41 Å². The molecule has 0 heterocycles. The Hall–Kier alpha value is -5.84. The summed E-state index contributed by atoms with van der Waals surface area (Å²) in [6.45, 7) is -0.479. The van der Waals surface area contributed by atoms with Crippen LogP contribution in [0.2, 0.25) is 0 Å². The van der Waals surface area contributed by atoms with Gasteiger partial charge in [0.2, 0.25) is 5.91 Å². The molecule has 226 valence electrons. The van der Waals surface area contributed by atoms with Crippen LogP contribution in [0.1, 0.15) is 33.1 Å². The maximum absolute atomic E-state index is 14.0. The highest BCUT2D eigenvalue weighted by Crippen LogP contribution is 2.40. The van der Waals surface area contributed by atoms with Gasteiger partial charge in [-0.05, 0) is 48.0 Å². The Balaban J connectivity index is 1.87. The Morgan fingerprint density at radius 2 is 1.45 bits per heavy atom. The number of hydrogen-bond acceptors (Lipinski definition) is 7. The summed E-state index contributed by atoms with van der Waals surface area (Å²) in [5, 5.41) is 23.7. The molecule has 11 nitrogen and oxygen atoms in total. The third-order valence-electron chi connectivity index (χ3n) is 6.77. The molecule has 11 heteroatoms. The third kappa shape index (κ3) is 7.51. The molecule has 0 aliphatic carbocycles. The average molecular weight is 596 g/mol. The summed E-state index contributed by atoms with van der Waals surface area (Å²) in [5.74, 6) is -1.91. The van der Waals surface area contributed by atoms with E-state index in [0.29, 0.717) is 11.3 Å². The highest BCUT2D eigenvalue weighted by Gasteiger charge is 2.31. The molecule has 1 atom stereocenters. The maximum Gasteiger partial charge on any atom is 0.323 e. The summed E-state index contributed by atoms with van der Waals surface area (Å²) in [6, 6.07) is 26.1. The standard InChI is InChI=1S/C33H33N5O6/c1-43-27-17-25(26(18-28(27)44-2)38(20-29(39)40)33(42)23-11-7-4-8-12-23)30(32(41)36-19-21-9-5-3-6-10-21)37-24-15-13-22(14-16-24)31(34)35/h3-18,30,37H,19-20H2,1-2H3,(H3,34,35)(H,36,41)(H,39,40). The highest BCUT2D eigenvalue weighted by atomic mass is 16.5. The number of nitrogens with one attached hydrogen (secondary N) is 3. The highest BCUT2D eigenvalue weighted by molar-refractivity contribution is 6.09. The van der Waals surface area contributed by atoms with Crippen LogP contribution in [-0.2, 0) is 16.1 Å². The number of amides is 2. The van der Waals surface area contributed by atoms with Gasteiger partial charge in [0.15, 0.2) is 11.5 Å². The van der Waals surface area contributed by atoms with Crippen molar-refractivity contribution in [3.8, 4) is 11.5 Å². The van der Waals surface area contributed by atoms with Gasteiger partial charge in [-0.15, -0.1) is 0 Å². The number of amidine groups is 1. The van der Waals surface area contributed by atoms with E-state index in [1.54, 1.807) is 60.7 Å². The number of anilines is 2.